The van der Waals surface area contributed by atoms with Crippen LogP contribution in [0.4, 0.5) is 5.69 Å². The number of tetrazole rings is 1. The van der Waals surface area contributed by atoms with Gasteiger partial charge >= 0.3 is 0 Å². The second-order valence-electron chi connectivity index (χ2n) is 5.01. The number of fused-ring (bicyclic) bond motifs is 1. The maximum atomic E-state index is 3.98. The zero-order valence-electron chi connectivity index (χ0n) is 11.2. The lowest BCUT2D eigenvalue weighted by Gasteiger charge is -2.13. The molecule has 0 spiro atoms. The first-order valence-corrected chi connectivity index (χ1v) is 6.53. The molecule has 1 aromatic carbocycles. The van der Waals surface area contributed by atoms with Crippen LogP contribution >= 0.6 is 0 Å². The molecular weight excluding hydrogens is 240 g/mol. The third-order valence-corrected chi connectivity index (χ3v) is 3.63. The van der Waals surface area contributed by atoms with Crippen molar-refractivity contribution in [1.29, 1.82) is 0 Å². The summed E-state index contributed by atoms with van der Waals surface area (Å²) >= 11 is 0. The second-order valence-corrected chi connectivity index (χ2v) is 5.01. The van der Waals surface area contributed by atoms with E-state index in [2.05, 4.69) is 56.1 Å². The van der Waals surface area contributed by atoms with E-state index in [-0.39, 0.29) is 6.04 Å². The molecule has 1 unspecified atom stereocenters. The van der Waals surface area contributed by atoms with Crippen LogP contribution in [0.3, 0.4) is 0 Å². The summed E-state index contributed by atoms with van der Waals surface area (Å²) in [5, 5.41) is 17.4. The molecular formula is C13H18N6. The number of aromatic amines is 1. The Morgan fingerprint density at radius 1 is 1.47 bits per heavy atom. The van der Waals surface area contributed by atoms with Crippen molar-refractivity contribution >= 4 is 5.69 Å². The molecule has 19 heavy (non-hydrogen) atoms. The van der Waals surface area contributed by atoms with Crippen molar-refractivity contribution in [2.45, 2.75) is 25.9 Å². The van der Waals surface area contributed by atoms with Gasteiger partial charge in [-0.1, -0.05) is 17.3 Å². The highest BCUT2D eigenvalue weighted by Crippen LogP contribution is 2.27. The quantitative estimate of drug-likeness (QED) is 0.857. The summed E-state index contributed by atoms with van der Waals surface area (Å²) in [5.41, 5.74) is 4.09. The largest absolute Gasteiger partial charge is 0.374 e. The molecule has 1 aliphatic rings. The van der Waals surface area contributed by atoms with E-state index in [0.717, 1.165) is 19.5 Å². The van der Waals surface area contributed by atoms with E-state index in [1.54, 1.807) is 0 Å². The number of anilines is 1. The monoisotopic (exact) mass is 258 g/mol. The Balaban J connectivity index is 1.65. The Labute approximate surface area is 112 Å². The molecule has 2 N–H and O–H groups in total. The summed E-state index contributed by atoms with van der Waals surface area (Å²) in [6, 6.07) is 6.76. The van der Waals surface area contributed by atoms with Gasteiger partial charge in [0.25, 0.3) is 0 Å². The van der Waals surface area contributed by atoms with Crippen LogP contribution < -0.4 is 10.2 Å². The van der Waals surface area contributed by atoms with Gasteiger partial charge in [0.1, 0.15) is 0 Å². The van der Waals surface area contributed by atoms with Crippen molar-refractivity contribution in [3.63, 3.8) is 0 Å². The van der Waals surface area contributed by atoms with Gasteiger partial charge in [0, 0.05) is 25.8 Å². The first-order valence-electron chi connectivity index (χ1n) is 6.53. The van der Waals surface area contributed by atoms with E-state index in [0.29, 0.717) is 5.82 Å². The molecule has 3 rings (SSSR count). The number of benzene rings is 1. The highest BCUT2D eigenvalue weighted by molar-refractivity contribution is 5.58. The topological polar surface area (TPSA) is 69.7 Å². The zero-order valence-corrected chi connectivity index (χ0v) is 11.2. The zero-order chi connectivity index (χ0) is 13.2. The molecule has 2 aromatic rings. The Kier molecular flexibility index (Phi) is 3.16. The molecule has 0 bridgehead atoms. The van der Waals surface area contributed by atoms with Crippen LogP contribution in [-0.2, 0) is 13.0 Å². The molecule has 1 aromatic heterocycles. The summed E-state index contributed by atoms with van der Waals surface area (Å²) < 4.78 is 0. The van der Waals surface area contributed by atoms with Crippen LogP contribution in [0.2, 0.25) is 0 Å². The minimum Gasteiger partial charge on any atom is -0.374 e. The van der Waals surface area contributed by atoms with Crippen LogP contribution in [0.1, 0.15) is 29.9 Å². The summed E-state index contributed by atoms with van der Waals surface area (Å²) in [5.74, 6) is 0.695. The maximum absolute atomic E-state index is 3.98. The fourth-order valence-corrected chi connectivity index (χ4v) is 2.45. The van der Waals surface area contributed by atoms with Crippen molar-refractivity contribution in [2.75, 3.05) is 18.5 Å². The fraction of sp³-hybridized carbons (Fsp3) is 0.462. The minimum atomic E-state index is 0.0923. The molecule has 0 saturated heterocycles. The van der Waals surface area contributed by atoms with Gasteiger partial charge in [0.15, 0.2) is 5.82 Å². The SMILES string of the molecule is CC(NCc1ccc2c(c1)CCN2C)c1nn[nH]n1. The molecule has 0 saturated carbocycles. The number of likely N-dealkylation sites (N-methyl/N-ethyl adjacent to an activating group) is 1. The molecule has 0 aliphatic carbocycles. The van der Waals surface area contributed by atoms with E-state index in [1.807, 2.05) is 6.92 Å². The number of nitrogens with zero attached hydrogens (tertiary/aromatic N) is 4. The van der Waals surface area contributed by atoms with Gasteiger partial charge in [-0.05, 0) is 30.5 Å². The molecule has 100 valence electrons. The number of hydrogen-bond acceptors (Lipinski definition) is 5. The molecule has 6 nitrogen and oxygen atoms in total. The van der Waals surface area contributed by atoms with E-state index in [4.69, 9.17) is 0 Å². The molecule has 1 aliphatic heterocycles. The van der Waals surface area contributed by atoms with Crippen molar-refractivity contribution < 1.29 is 0 Å². The van der Waals surface area contributed by atoms with Gasteiger partial charge in [-0.2, -0.15) is 5.21 Å². The van der Waals surface area contributed by atoms with E-state index < -0.39 is 0 Å². The fourth-order valence-electron chi connectivity index (χ4n) is 2.45. The highest BCUT2D eigenvalue weighted by Gasteiger charge is 2.16. The Morgan fingerprint density at radius 3 is 3.16 bits per heavy atom. The van der Waals surface area contributed by atoms with E-state index >= 15 is 0 Å². The number of nitrogens with one attached hydrogen (secondary N) is 2. The lowest BCUT2D eigenvalue weighted by atomic mass is 10.1. The summed E-state index contributed by atoms with van der Waals surface area (Å²) in [7, 11) is 2.14. The number of H-pyrrole nitrogens is 1. The van der Waals surface area contributed by atoms with Crippen molar-refractivity contribution in [3.05, 3.63) is 35.2 Å². The maximum Gasteiger partial charge on any atom is 0.191 e. The Morgan fingerprint density at radius 2 is 2.37 bits per heavy atom. The number of rotatable bonds is 4. The third-order valence-electron chi connectivity index (χ3n) is 3.63. The Hall–Kier alpha value is -1.95. The van der Waals surface area contributed by atoms with Gasteiger partial charge in [-0.25, -0.2) is 0 Å². The summed E-state index contributed by atoms with van der Waals surface area (Å²) in [6.45, 7) is 3.96. The van der Waals surface area contributed by atoms with E-state index in [1.165, 1.54) is 16.8 Å². The van der Waals surface area contributed by atoms with Crippen molar-refractivity contribution in [3.8, 4) is 0 Å². The highest BCUT2D eigenvalue weighted by atomic mass is 15.5. The molecule has 0 amide bonds. The predicted molar refractivity (Wildman–Crippen MR) is 72.8 cm³/mol. The molecule has 0 radical (unpaired) electrons. The van der Waals surface area contributed by atoms with Crippen LogP contribution in [0, 0.1) is 0 Å². The number of aromatic nitrogens is 4. The second kappa shape index (κ2) is 4.97. The number of hydrogen-bond donors (Lipinski definition) is 2. The standard InChI is InChI=1S/C13H18N6/c1-9(13-15-17-18-16-13)14-8-10-3-4-12-11(7-10)5-6-19(12)2/h3-4,7,9,14H,5-6,8H2,1-2H3,(H,15,16,17,18). The average Bonchev–Trinajstić information content (AvgIpc) is 3.06. The van der Waals surface area contributed by atoms with E-state index in [9.17, 15) is 0 Å². The molecule has 0 fully saturated rings. The van der Waals surface area contributed by atoms with Crippen LogP contribution in [-0.4, -0.2) is 34.2 Å². The van der Waals surface area contributed by atoms with Gasteiger partial charge in [-0.15, -0.1) is 10.2 Å². The lowest BCUT2D eigenvalue weighted by Crippen LogP contribution is -2.19. The molecule has 6 heteroatoms. The molecule has 1 atom stereocenters. The van der Waals surface area contributed by atoms with Crippen LogP contribution in [0.5, 0.6) is 0 Å². The smallest absolute Gasteiger partial charge is 0.191 e. The lowest BCUT2D eigenvalue weighted by molar-refractivity contribution is 0.546. The third kappa shape index (κ3) is 2.44. The first kappa shape index (κ1) is 12.1. The van der Waals surface area contributed by atoms with Crippen molar-refractivity contribution in [1.82, 2.24) is 25.9 Å². The minimum absolute atomic E-state index is 0.0923. The van der Waals surface area contributed by atoms with Gasteiger partial charge in [0.05, 0.1) is 6.04 Å². The molecule has 2 heterocycles. The predicted octanol–water partition coefficient (Wildman–Crippen LogP) is 1.04. The van der Waals surface area contributed by atoms with Gasteiger partial charge in [-0.3, -0.25) is 0 Å². The first-order chi connectivity index (χ1) is 9.24. The normalized spacial score (nSPS) is 15.6. The van der Waals surface area contributed by atoms with Crippen LogP contribution in [0.15, 0.2) is 18.2 Å². The summed E-state index contributed by atoms with van der Waals surface area (Å²) in [4.78, 5) is 2.30. The van der Waals surface area contributed by atoms with Gasteiger partial charge < -0.3 is 10.2 Å². The van der Waals surface area contributed by atoms with Crippen molar-refractivity contribution in [2.24, 2.45) is 0 Å². The average molecular weight is 258 g/mol. The Bertz CT molecular complexity index is 550. The summed E-state index contributed by atoms with van der Waals surface area (Å²) in [6.07, 6.45) is 1.14. The van der Waals surface area contributed by atoms with Crippen LogP contribution in [0.25, 0.3) is 0 Å². The van der Waals surface area contributed by atoms with Gasteiger partial charge in [0.2, 0.25) is 0 Å².